The van der Waals surface area contributed by atoms with Crippen LogP contribution in [0.1, 0.15) is 30.9 Å². The number of hydrogen-bond donors (Lipinski definition) is 0. The zero-order chi connectivity index (χ0) is 23.9. The van der Waals surface area contributed by atoms with E-state index in [1.807, 2.05) is 80.6 Å². The summed E-state index contributed by atoms with van der Waals surface area (Å²) in [5, 5.41) is 1.97. The number of nitrogens with zero attached hydrogens (tertiary/aromatic N) is 1. The topological polar surface area (TPSA) is 70.8 Å². The Bertz CT molecular complexity index is 1250. The minimum Gasteiger partial charge on any atom is -0.487 e. The lowest BCUT2D eigenvalue weighted by Gasteiger charge is -2.18. The van der Waals surface area contributed by atoms with E-state index in [0.29, 0.717) is 25.5 Å². The van der Waals surface area contributed by atoms with Crippen molar-refractivity contribution in [1.82, 2.24) is 4.98 Å². The van der Waals surface area contributed by atoms with E-state index >= 15 is 0 Å². The van der Waals surface area contributed by atoms with Gasteiger partial charge in [0, 0.05) is 24.0 Å². The van der Waals surface area contributed by atoms with Crippen LogP contribution in [-0.2, 0) is 27.3 Å². The molecule has 0 saturated heterocycles. The van der Waals surface area contributed by atoms with Crippen molar-refractivity contribution in [1.29, 1.82) is 0 Å². The molecule has 0 aliphatic heterocycles. The third-order valence-corrected chi connectivity index (χ3v) is 5.57. The summed E-state index contributed by atoms with van der Waals surface area (Å²) in [4.78, 5) is 17.0. The number of hydrogen-bond acceptors (Lipinski definition) is 6. The van der Waals surface area contributed by atoms with Gasteiger partial charge in [-0.1, -0.05) is 48.5 Å². The Morgan fingerprint density at radius 1 is 0.941 bits per heavy atom. The molecular weight excluding hydrogens is 430 g/mol. The maximum absolute atomic E-state index is 12.3. The smallest absolute Gasteiger partial charge is 0.335 e. The molecular formula is C28H29NO5. The molecule has 1 atom stereocenters. The van der Waals surface area contributed by atoms with Crippen molar-refractivity contribution in [3.8, 4) is 17.2 Å². The lowest BCUT2D eigenvalue weighted by atomic mass is 9.99. The van der Waals surface area contributed by atoms with Crippen LogP contribution >= 0.6 is 0 Å². The normalized spacial score (nSPS) is 12.0. The van der Waals surface area contributed by atoms with E-state index in [9.17, 15) is 4.79 Å². The molecule has 34 heavy (non-hydrogen) atoms. The quantitative estimate of drug-likeness (QED) is 0.275. The lowest BCUT2D eigenvalue weighted by Crippen LogP contribution is -2.29. The summed E-state index contributed by atoms with van der Waals surface area (Å²) in [6, 6.07) is 21.7. The lowest BCUT2D eigenvalue weighted by molar-refractivity contribution is -0.156. The fourth-order valence-corrected chi connectivity index (χ4v) is 3.90. The van der Waals surface area contributed by atoms with Crippen LogP contribution in [0.15, 0.2) is 71.1 Å². The first-order valence-corrected chi connectivity index (χ1v) is 11.5. The highest BCUT2D eigenvalue weighted by Gasteiger charge is 2.22. The van der Waals surface area contributed by atoms with Gasteiger partial charge in [-0.2, -0.15) is 0 Å². The average Bonchev–Trinajstić information content (AvgIpc) is 3.24. The van der Waals surface area contributed by atoms with Crippen LogP contribution in [0.2, 0.25) is 0 Å². The molecule has 0 radical (unpaired) electrons. The molecule has 0 bridgehead atoms. The molecule has 6 heteroatoms. The number of oxazole rings is 1. The first kappa shape index (κ1) is 23.5. The van der Waals surface area contributed by atoms with Crippen LogP contribution in [0.25, 0.3) is 22.2 Å². The molecule has 0 aliphatic carbocycles. The average molecular weight is 460 g/mol. The van der Waals surface area contributed by atoms with Gasteiger partial charge in [-0.15, -0.1) is 0 Å². The molecule has 0 spiro atoms. The van der Waals surface area contributed by atoms with Gasteiger partial charge in [0.2, 0.25) is 5.89 Å². The van der Waals surface area contributed by atoms with Gasteiger partial charge in [-0.3, -0.25) is 0 Å². The Kier molecular flexibility index (Phi) is 7.60. The SMILES string of the molecule is CCOC(=O)C(Cc1ccc(OCc2nc(-c3ccccc3)oc2C)c2ccccc12)OCC. The maximum Gasteiger partial charge on any atom is 0.335 e. The highest BCUT2D eigenvalue weighted by atomic mass is 16.6. The third-order valence-electron chi connectivity index (χ3n) is 5.57. The number of benzene rings is 3. The first-order chi connectivity index (χ1) is 16.6. The second kappa shape index (κ2) is 11.0. The first-order valence-electron chi connectivity index (χ1n) is 11.5. The van der Waals surface area contributed by atoms with E-state index in [1.54, 1.807) is 6.92 Å². The number of aryl methyl sites for hydroxylation is 1. The molecule has 0 saturated carbocycles. The van der Waals surface area contributed by atoms with Gasteiger partial charge in [0.15, 0.2) is 6.10 Å². The Labute approximate surface area is 199 Å². The summed E-state index contributed by atoms with van der Waals surface area (Å²) in [6.07, 6.45) is -0.217. The molecule has 1 heterocycles. The second-order valence-corrected chi connectivity index (χ2v) is 7.85. The summed E-state index contributed by atoms with van der Waals surface area (Å²) in [6.45, 7) is 6.60. The van der Waals surface area contributed by atoms with Crippen LogP contribution in [0.5, 0.6) is 5.75 Å². The number of aromatic nitrogens is 1. The monoisotopic (exact) mass is 459 g/mol. The number of carbonyl (C=O) groups is 1. The maximum atomic E-state index is 12.3. The van der Waals surface area contributed by atoms with E-state index in [4.69, 9.17) is 18.6 Å². The van der Waals surface area contributed by atoms with E-state index in [0.717, 1.165) is 39.1 Å². The van der Waals surface area contributed by atoms with Crippen LogP contribution in [-0.4, -0.2) is 30.3 Å². The summed E-state index contributed by atoms with van der Waals surface area (Å²) >= 11 is 0. The fourth-order valence-electron chi connectivity index (χ4n) is 3.90. The number of fused-ring (bicyclic) bond motifs is 1. The largest absolute Gasteiger partial charge is 0.487 e. The Morgan fingerprint density at radius 2 is 1.68 bits per heavy atom. The summed E-state index contributed by atoms with van der Waals surface area (Å²) in [7, 11) is 0. The summed E-state index contributed by atoms with van der Waals surface area (Å²) in [5.74, 6) is 1.71. The van der Waals surface area contributed by atoms with Crippen molar-refractivity contribution < 1.29 is 23.4 Å². The number of esters is 1. The van der Waals surface area contributed by atoms with E-state index in [1.165, 1.54) is 0 Å². The van der Waals surface area contributed by atoms with Crippen molar-refractivity contribution in [3.63, 3.8) is 0 Å². The number of rotatable bonds is 10. The fraction of sp³-hybridized carbons (Fsp3) is 0.286. The molecule has 0 N–H and O–H groups in total. The third kappa shape index (κ3) is 5.29. The highest BCUT2D eigenvalue weighted by Crippen LogP contribution is 2.31. The van der Waals surface area contributed by atoms with Gasteiger partial charge >= 0.3 is 5.97 Å². The molecule has 4 rings (SSSR count). The number of ether oxygens (including phenoxy) is 3. The number of carbonyl (C=O) groups excluding carboxylic acids is 1. The minimum atomic E-state index is -0.644. The zero-order valence-electron chi connectivity index (χ0n) is 19.7. The predicted molar refractivity (Wildman–Crippen MR) is 131 cm³/mol. The van der Waals surface area contributed by atoms with Crippen LogP contribution < -0.4 is 4.74 Å². The van der Waals surface area contributed by atoms with Crippen molar-refractivity contribution in [3.05, 3.63) is 83.7 Å². The van der Waals surface area contributed by atoms with Gasteiger partial charge in [-0.05, 0) is 49.9 Å². The molecule has 6 nitrogen and oxygen atoms in total. The standard InChI is InChI=1S/C28H29NO5/c1-4-31-26(28(30)32-5-2)17-21-15-16-25(23-14-10-9-13-22(21)23)33-18-24-19(3)34-27(29-24)20-11-7-6-8-12-20/h6-16,26H,4-5,17-18H2,1-3H3. The molecule has 176 valence electrons. The van der Waals surface area contributed by atoms with Crippen molar-refractivity contribution in [2.75, 3.05) is 13.2 Å². The highest BCUT2D eigenvalue weighted by molar-refractivity contribution is 5.91. The van der Waals surface area contributed by atoms with Gasteiger partial charge < -0.3 is 18.6 Å². The van der Waals surface area contributed by atoms with Gasteiger partial charge in [-0.25, -0.2) is 9.78 Å². The van der Waals surface area contributed by atoms with Crippen LogP contribution in [0.3, 0.4) is 0 Å². The Balaban J connectivity index is 1.56. The van der Waals surface area contributed by atoms with Gasteiger partial charge in [0.1, 0.15) is 23.8 Å². The molecule has 0 amide bonds. The van der Waals surface area contributed by atoms with Crippen LogP contribution in [0.4, 0.5) is 0 Å². The molecule has 0 fully saturated rings. The minimum absolute atomic E-state index is 0.288. The molecule has 1 aromatic heterocycles. The Hall–Kier alpha value is -3.64. The van der Waals surface area contributed by atoms with Crippen molar-refractivity contribution in [2.24, 2.45) is 0 Å². The predicted octanol–water partition coefficient (Wildman–Crippen LogP) is 5.89. The molecule has 3 aromatic carbocycles. The summed E-state index contributed by atoms with van der Waals surface area (Å²) in [5.41, 5.74) is 2.68. The molecule has 4 aromatic rings. The second-order valence-electron chi connectivity index (χ2n) is 7.85. The van der Waals surface area contributed by atoms with Crippen molar-refractivity contribution >= 4 is 16.7 Å². The van der Waals surface area contributed by atoms with Gasteiger partial charge in [0.25, 0.3) is 0 Å². The molecule has 1 unspecified atom stereocenters. The van der Waals surface area contributed by atoms with Crippen LogP contribution in [0, 0.1) is 6.92 Å². The van der Waals surface area contributed by atoms with Gasteiger partial charge in [0.05, 0.1) is 6.61 Å². The Morgan fingerprint density at radius 3 is 2.41 bits per heavy atom. The van der Waals surface area contributed by atoms with E-state index in [-0.39, 0.29) is 12.6 Å². The van der Waals surface area contributed by atoms with E-state index in [2.05, 4.69) is 4.98 Å². The van der Waals surface area contributed by atoms with Crippen molar-refractivity contribution in [2.45, 2.75) is 39.9 Å². The zero-order valence-corrected chi connectivity index (χ0v) is 19.7. The molecule has 0 aliphatic rings. The summed E-state index contributed by atoms with van der Waals surface area (Å²) < 4.78 is 22.9. The van der Waals surface area contributed by atoms with E-state index < -0.39 is 6.10 Å².